The van der Waals surface area contributed by atoms with Gasteiger partial charge in [0.25, 0.3) is 5.91 Å². The second-order valence-electron chi connectivity index (χ2n) is 10.3. The number of aliphatic hydroxyl groups excluding tert-OH is 1. The van der Waals surface area contributed by atoms with Crippen molar-refractivity contribution in [2.75, 3.05) is 62.2 Å². The number of nitrogen functional groups attached to an aromatic ring is 1. The van der Waals surface area contributed by atoms with Gasteiger partial charge in [-0.05, 0) is 67.5 Å². The number of aromatic nitrogens is 1. The van der Waals surface area contributed by atoms with Gasteiger partial charge in [0.05, 0.1) is 23.7 Å². The van der Waals surface area contributed by atoms with Crippen molar-refractivity contribution < 1.29 is 23.1 Å². The number of likely N-dealkylation sites (N-methyl/N-ethyl adjacent to an activating group) is 1. The van der Waals surface area contributed by atoms with E-state index >= 15 is 0 Å². The third-order valence-electron chi connectivity index (χ3n) is 7.00. The van der Waals surface area contributed by atoms with Crippen molar-refractivity contribution in [2.45, 2.75) is 10.8 Å². The number of hydrogen-bond acceptors (Lipinski definition) is 7. The molecule has 0 fully saturated rings. The highest BCUT2D eigenvalue weighted by Gasteiger charge is 2.35. The fourth-order valence-corrected chi connectivity index (χ4v) is 6.51. The fraction of sp³-hybridized carbons (Fsp3) is 0.286. The number of anilines is 3. The molecule has 2 heterocycles. The minimum Gasteiger partial charge on any atom is -0.398 e. The van der Waals surface area contributed by atoms with Crippen LogP contribution in [0.4, 0.5) is 17.1 Å². The largest absolute Gasteiger partial charge is 0.398 e. The Hall–Kier alpha value is -3.68. The van der Waals surface area contributed by atoms with E-state index in [1.165, 1.54) is 12.1 Å². The van der Waals surface area contributed by atoms with E-state index in [0.717, 1.165) is 21.9 Å². The smallest absolute Gasteiger partial charge is 0.274 e. The van der Waals surface area contributed by atoms with E-state index in [1.807, 2.05) is 26.2 Å². The minimum absolute atomic E-state index is 0.0220. The molecule has 1 aliphatic rings. The highest BCUT2D eigenvalue weighted by Crippen LogP contribution is 2.45. The summed E-state index contributed by atoms with van der Waals surface area (Å²) in [5.74, 6) is -0.356. The standard InChI is InChI=1S/C28H31ClN6O5S/c1-34(2)15-26(37)32-18-3-6-23-16(9-18)10-24(33-23)28(38)35-14-17(13-29)27-20-5-4-19(41(39,40)31-7-8-36)11-21(20)22(30)12-25(27)35/h3-6,9-12,17,31,33,36H,7-8,13-15,30H2,1-2H3,(H,32,37). The zero-order chi connectivity index (χ0) is 29.5. The van der Waals surface area contributed by atoms with Gasteiger partial charge in [0.2, 0.25) is 15.9 Å². The number of sulfonamides is 1. The zero-order valence-corrected chi connectivity index (χ0v) is 24.1. The van der Waals surface area contributed by atoms with Crippen molar-refractivity contribution in [3.63, 3.8) is 0 Å². The number of nitrogens with two attached hydrogens (primary N) is 1. The Bertz CT molecular complexity index is 1770. The molecule has 11 nitrogen and oxygen atoms in total. The number of fused-ring (bicyclic) bond motifs is 4. The summed E-state index contributed by atoms with van der Waals surface area (Å²) >= 11 is 6.36. The van der Waals surface area contributed by atoms with Crippen LogP contribution in [0.2, 0.25) is 0 Å². The second kappa shape index (κ2) is 11.3. The van der Waals surface area contributed by atoms with Gasteiger partial charge in [0.1, 0.15) is 5.69 Å². The summed E-state index contributed by atoms with van der Waals surface area (Å²) < 4.78 is 27.6. The molecule has 0 saturated carbocycles. The summed E-state index contributed by atoms with van der Waals surface area (Å²) in [6.45, 7) is 0.149. The number of nitrogens with zero attached hydrogens (tertiary/aromatic N) is 2. The average molecular weight is 599 g/mol. The van der Waals surface area contributed by atoms with Crippen LogP contribution < -0.4 is 20.7 Å². The monoisotopic (exact) mass is 598 g/mol. The van der Waals surface area contributed by atoms with E-state index in [1.54, 1.807) is 34.1 Å². The number of aromatic amines is 1. The first-order valence-corrected chi connectivity index (χ1v) is 15.0. The first-order chi connectivity index (χ1) is 19.5. The van der Waals surface area contributed by atoms with Crippen molar-refractivity contribution >= 4 is 72.2 Å². The maximum Gasteiger partial charge on any atom is 0.274 e. The van der Waals surface area contributed by atoms with Crippen LogP contribution in [-0.4, -0.2) is 81.4 Å². The van der Waals surface area contributed by atoms with E-state index in [9.17, 15) is 18.0 Å². The van der Waals surface area contributed by atoms with Crippen molar-refractivity contribution in [1.29, 1.82) is 0 Å². The molecule has 1 atom stereocenters. The third kappa shape index (κ3) is 5.61. The number of aliphatic hydroxyl groups is 1. The Labute approximate surface area is 242 Å². The molecule has 5 rings (SSSR count). The van der Waals surface area contributed by atoms with Crippen molar-refractivity contribution in [1.82, 2.24) is 14.6 Å². The van der Waals surface area contributed by atoms with E-state index in [-0.39, 0.29) is 48.2 Å². The Balaban J connectivity index is 1.49. The van der Waals surface area contributed by atoms with Gasteiger partial charge in [0, 0.05) is 52.6 Å². The molecular weight excluding hydrogens is 568 g/mol. The Morgan fingerprint density at radius 1 is 1.15 bits per heavy atom. The molecule has 0 radical (unpaired) electrons. The van der Waals surface area contributed by atoms with Gasteiger partial charge in [-0.3, -0.25) is 9.59 Å². The summed E-state index contributed by atoms with van der Waals surface area (Å²) in [4.78, 5) is 32.6. The first-order valence-electron chi connectivity index (χ1n) is 12.9. The summed E-state index contributed by atoms with van der Waals surface area (Å²) in [5, 5.41) is 13.9. The topological polar surface area (TPSA) is 161 Å². The number of carbonyl (C=O) groups excluding carboxylic acids is 2. The van der Waals surface area contributed by atoms with Gasteiger partial charge in [-0.25, -0.2) is 13.1 Å². The molecule has 3 aromatic carbocycles. The molecule has 6 N–H and O–H groups in total. The van der Waals surface area contributed by atoms with Crippen LogP contribution in [0.3, 0.4) is 0 Å². The summed E-state index contributed by atoms with van der Waals surface area (Å²) in [5.41, 5.74) is 9.91. The lowest BCUT2D eigenvalue weighted by atomic mass is 9.95. The van der Waals surface area contributed by atoms with Crippen LogP contribution in [-0.2, 0) is 14.8 Å². The first kappa shape index (κ1) is 28.8. The van der Waals surface area contributed by atoms with Crippen LogP contribution in [0.1, 0.15) is 22.0 Å². The molecule has 0 aliphatic carbocycles. The zero-order valence-electron chi connectivity index (χ0n) is 22.6. The maximum atomic E-state index is 13.8. The number of H-pyrrole nitrogens is 1. The van der Waals surface area contributed by atoms with E-state index in [2.05, 4.69) is 15.0 Å². The lowest BCUT2D eigenvalue weighted by molar-refractivity contribution is -0.116. The van der Waals surface area contributed by atoms with Crippen molar-refractivity contribution in [2.24, 2.45) is 0 Å². The van der Waals surface area contributed by atoms with Gasteiger partial charge in [-0.2, -0.15) is 0 Å². The summed E-state index contributed by atoms with van der Waals surface area (Å²) in [6.07, 6.45) is 0. The van der Waals surface area contributed by atoms with Crippen LogP contribution >= 0.6 is 11.6 Å². The van der Waals surface area contributed by atoms with Gasteiger partial charge in [-0.1, -0.05) is 6.07 Å². The Morgan fingerprint density at radius 2 is 1.93 bits per heavy atom. The SMILES string of the molecule is CN(C)CC(=O)Nc1ccc2[nH]c(C(=O)N3CC(CCl)c4c3cc(N)c3cc(S(=O)(=O)NCCO)ccc43)cc2c1. The molecule has 0 saturated heterocycles. The molecule has 2 amide bonds. The van der Waals surface area contributed by atoms with Gasteiger partial charge in [0.15, 0.2) is 0 Å². The lowest BCUT2D eigenvalue weighted by Gasteiger charge is -2.18. The normalized spacial score (nSPS) is 15.1. The molecule has 1 aromatic heterocycles. The van der Waals surface area contributed by atoms with E-state index in [4.69, 9.17) is 22.4 Å². The molecule has 41 heavy (non-hydrogen) atoms. The predicted octanol–water partition coefficient (Wildman–Crippen LogP) is 2.66. The van der Waals surface area contributed by atoms with Gasteiger partial charge < -0.3 is 30.9 Å². The van der Waals surface area contributed by atoms with Gasteiger partial charge >= 0.3 is 0 Å². The molecule has 0 spiro atoms. The van der Waals surface area contributed by atoms with E-state index < -0.39 is 10.0 Å². The number of hydrogen-bond donors (Lipinski definition) is 5. The summed E-state index contributed by atoms with van der Waals surface area (Å²) in [6, 6.07) is 13.5. The summed E-state index contributed by atoms with van der Waals surface area (Å²) in [7, 11) is -0.209. The minimum atomic E-state index is -3.84. The van der Waals surface area contributed by atoms with Crippen molar-refractivity contribution in [3.05, 3.63) is 59.8 Å². The van der Waals surface area contributed by atoms with Crippen LogP contribution in [0, 0.1) is 0 Å². The number of amides is 2. The number of carbonyl (C=O) groups is 2. The molecule has 1 unspecified atom stereocenters. The molecule has 0 bridgehead atoms. The van der Waals surface area contributed by atoms with Gasteiger partial charge in [-0.15, -0.1) is 11.6 Å². The van der Waals surface area contributed by atoms with Crippen LogP contribution in [0.15, 0.2) is 53.4 Å². The molecular formula is C28H31ClN6O5S. The number of halogens is 1. The fourth-order valence-electron chi connectivity index (χ4n) is 5.21. The Morgan fingerprint density at radius 3 is 2.63 bits per heavy atom. The lowest BCUT2D eigenvalue weighted by Crippen LogP contribution is -2.30. The number of alkyl halides is 1. The maximum absolute atomic E-state index is 13.8. The third-order valence-corrected chi connectivity index (χ3v) is 8.83. The van der Waals surface area contributed by atoms with Crippen molar-refractivity contribution in [3.8, 4) is 0 Å². The van der Waals surface area contributed by atoms with Crippen LogP contribution in [0.5, 0.6) is 0 Å². The molecule has 13 heteroatoms. The molecule has 1 aliphatic heterocycles. The number of rotatable bonds is 9. The number of nitrogens with one attached hydrogen (secondary N) is 3. The van der Waals surface area contributed by atoms with Crippen LogP contribution in [0.25, 0.3) is 21.7 Å². The second-order valence-corrected chi connectivity index (χ2v) is 12.3. The average Bonchev–Trinajstić information content (AvgIpc) is 3.52. The molecule has 216 valence electrons. The van der Waals surface area contributed by atoms with E-state index in [0.29, 0.717) is 34.7 Å². The molecule has 4 aromatic rings. The Kier molecular flexibility index (Phi) is 7.95. The number of benzene rings is 3. The quantitative estimate of drug-likeness (QED) is 0.146. The highest BCUT2D eigenvalue weighted by molar-refractivity contribution is 7.89. The highest BCUT2D eigenvalue weighted by atomic mass is 35.5. The predicted molar refractivity (Wildman–Crippen MR) is 161 cm³/mol.